The van der Waals surface area contributed by atoms with Gasteiger partial charge >= 0.3 is 0 Å². The molecule has 1 aromatic rings. The monoisotopic (exact) mass is 233 g/mol. The molecular formula is C13H19N3O. The summed E-state index contributed by atoms with van der Waals surface area (Å²) in [5, 5.41) is 18.2. The summed E-state index contributed by atoms with van der Waals surface area (Å²) in [4.78, 5) is 6.35. The van der Waals surface area contributed by atoms with E-state index >= 15 is 0 Å². The van der Waals surface area contributed by atoms with Crippen molar-refractivity contribution in [2.75, 3.05) is 18.0 Å². The number of hydrogen-bond donors (Lipinski definition) is 1. The molecule has 4 heteroatoms. The first-order chi connectivity index (χ1) is 8.22. The summed E-state index contributed by atoms with van der Waals surface area (Å²) in [7, 11) is 0. The standard InChI is InChI=1S/C13H19N3O/c1-3-13(17)12-7-6-11(10-15-12)16(4-2)9-5-8-14/h6-7,10,13,17H,3-5,9H2,1-2H3. The molecule has 1 heterocycles. The highest BCUT2D eigenvalue weighted by Crippen LogP contribution is 2.18. The first-order valence-electron chi connectivity index (χ1n) is 5.98. The highest BCUT2D eigenvalue weighted by atomic mass is 16.3. The van der Waals surface area contributed by atoms with Gasteiger partial charge in [0.2, 0.25) is 0 Å². The predicted octanol–water partition coefficient (Wildman–Crippen LogP) is 2.26. The van der Waals surface area contributed by atoms with E-state index in [9.17, 15) is 5.11 Å². The second kappa shape index (κ2) is 6.87. The van der Waals surface area contributed by atoms with Gasteiger partial charge in [0.05, 0.1) is 36.2 Å². The fourth-order valence-electron chi connectivity index (χ4n) is 1.65. The quantitative estimate of drug-likeness (QED) is 0.818. The third kappa shape index (κ3) is 3.72. The molecule has 0 aliphatic heterocycles. The third-order valence-electron chi connectivity index (χ3n) is 2.74. The van der Waals surface area contributed by atoms with Crippen LogP contribution in [0, 0.1) is 11.3 Å². The Labute approximate surface area is 103 Å². The highest BCUT2D eigenvalue weighted by Gasteiger charge is 2.08. The lowest BCUT2D eigenvalue weighted by Crippen LogP contribution is -2.23. The minimum atomic E-state index is -0.488. The molecule has 1 aromatic heterocycles. The van der Waals surface area contributed by atoms with E-state index in [2.05, 4.69) is 16.0 Å². The number of aliphatic hydroxyl groups is 1. The average Bonchev–Trinajstić information content (AvgIpc) is 2.39. The molecule has 17 heavy (non-hydrogen) atoms. The molecule has 1 N–H and O–H groups in total. The lowest BCUT2D eigenvalue weighted by atomic mass is 10.2. The minimum absolute atomic E-state index is 0.488. The molecule has 0 aromatic carbocycles. The fraction of sp³-hybridized carbons (Fsp3) is 0.538. The molecule has 4 nitrogen and oxygen atoms in total. The van der Waals surface area contributed by atoms with Crippen LogP contribution >= 0.6 is 0 Å². The maximum absolute atomic E-state index is 9.64. The number of aromatic nitrogens is 1. The van der Waals surface area contributed by atoms with Gasteiger partial charge in [-0.1, -0.05) is 6.92 Å². The molecule has 0 fully saturated rings. The predicted molar refractivity (Wildman–Crippen MR) is 67.6 cm³/mol. The number of aliphatic hydroxyl groups excluding tert-OH is 1. The average molecular weight is 233 g/mol. The van der Waals surface area contributed by atoms with Crippen molar-refractivity contribution in [2.24, 2.45) is 0 Å². The van der Waals surface area contributed by atoms with Crippen molar-refractivity contribution in [1.82, 2.24) is 4.98 Å². The Morgan fingerprint density at radius 1 is 1.47 bits per heavy atom. The molecule has 0 aliphatic rings. The highest BCUT2D eigenvalue weighted by molar-refractivity contribution is 5.44. The summed E-state index contributed by atoms with van der Waals surface area (Å²) in [6.07, 6.45) is 2.44. The molecule has 1 atom stereocenters. The molecule has 0 saturated heterocycles. The summed E-state index contributed by atoms with van der Waals surface area (Å²) >= 11 is 0. The van der Waals surface area contributed by atoms with Crippen LogP contribution in [0.25, 0.3) is 0 Å². The smallest absolute Gasteiger partial charge is 0.0957 e. The van der Waals surface area contributed by atoms with Crippen LogP contribution in [0.3, 0.4) is 0 Å². The van der Waals surface area contributed by atoms with Gasteiger partial charge in [-0.15, -0.1) is 0 Å². The van der Waals surface area contributed by atoms with E-state index in [1.165, 1.54) is 0 Å². The van der Waals surface area contributed by atoms with E-state index in [1.54, 1.807) is 6.20 Å². The van der Waals surface area contributed by atoms with Crippen LogP contribution in [0.5, 0.6) is 0 Å². The van der Waals surface area contributed by atoms with Gasteiger partial charge in [0.1, 0.15) is 0 Å². The van der Waals surface area contributed by atoms with Crippen molar-refractivity contribution in [3.05, 3.63) is 24.0 Å². The van der Waals surface area contributed by atoms with E-state index < -0.39 is 6.10 Å². The molecule has 0 spiro atoms. The van der Waals surface area contributed by atoms with E-state index in [1.807, 2.05) is 26.0 Å². The Morgan fingerprint density at radius 2 is 2.24 bits per heavy atom. The lowest BCUT2D eigenvalue weighted by molar-refractivity contribution is 0.169. The van der Waals surface area contributed by atoms with Crippen molar-refractivity contribution in [3.8, 4) is 6.07 Å². The Bertz CT molecular complexity index is 369. The summed E-state index contributed by atoms with van der Waals surface area (Å²) in [6, 6.07) is 5.93. The minimum Gasteiger partial charge on any atom is -0.387 e. The molecular weight excluding hydrogens is 214 g/mol. The molecule has 1 unspecified atom stereocenters. The molecule has 1 rings (SSSR count). The van der Waals surface area contributed by atoms with Gasteiger partial charge in [0, 0.05) is 13.1 Å². The summed E-state index contributed by atoms with van der Waals surface area (Å²) in [5.41, 5.74) is 1.70. The van der Waals surface area contributed by atoms with E-state index in [0.717, 1.165) is 12.2 Å². The topological polar surface area (TPSA) is 60.1 Å². The normalized spacial score (nSPS) is 11.9. The Hall–Kier alpha value is -1.60. The molecule has 0 saturated carbocycles. The number of nitriles is 1. The first kappa shape index (κ1) is 13.5. The Balaban J connectivity index is 2.74. The van der Waals surface area contributed by atoms with Gasteiger partial charge in [-0.3, -0.25) is 4.98 Å². The maximum Gasteiger partial charge on any atom is 0.0957 e. The summed E-state index contributed by atoms with van der Waals surface area (Å²) in [6.45, 7) is 5.53. The van der Waals surface area contributed by atoms with E-state index in [-0.39, 0.29) is 0 Å². The van der Waals surface area contributed by atoms with Gasteiger partial charge in [-0.05, 0) is 25.5 Å². The maximum atomic E-state index is 9.64. The lowest BCUT2D eigenvalue weighted by Gasteiger charge is -2.21. The SMILES string of the molecule is CCC(O)c1ccc(N(CC)CCC#N)cn1. The van der Waals surface area contributed by atoms with Crippen LogP contribution in [0.1, 0.15) is 38.5 Å². The summed E-state index contributed by atoms with van der Waals surface area (Å²) in [5.74, 6) is 0. The molecule has 0 amide bonds. The van der Waals surface area contributed by atoms with E-state index in [4.69, 9.17) is 5.26 Å². The number of rotatable bonds is 6. The first-order valence-corrected chi connectivity index (χ1v) is 5.98. The van der Waals surface area contributed by atoms with Gasteiger partial charge < -0.3 is 10.0 Å². The van der Waals surface area contributed by atoms with Gasteiger partial charge in [0.25, 0.3) is 0 Å². The number of anilines is 1. The van der Waals surface area contributed by atoms with Crippen LogP contribution in [0.15, 0.2) is 18.3 Å². The van der Waals surface area contributed by atoms with Crippen LogP contribution in [-0.4, -0.2) is 23.2 Å². The second-order valence-corrected chi connectivity index (χ2v) is 3.85. The molecule has 0 aliphatic carbocycles. The van der Waals surface area contributed by atoms with Crippen molar-refractivity contribution >= 4 is 5.69 Å². The Morgan fingerprint density at radius 3 is 2.71 bits per heavy atom. The van der Waals surface area contributed by atoms with Crippen molar-refractivity contribution in [3.63, 3.8) is 0 Å². The summed E-state index contributed by atoms with van der Waals surface area (Å²) < 4.78 is 0. The Kier molecular flexibility index (Phi) is 5.44. The zero-order valence-corrected chi connectivity index (χ0v) is 10.4. The second-order valence-electron chi connectivity index (χ2n) is 3.85. The number of hydrogen-bond acceptors (Lipinski definition) is 4. The van der Waals surface area contributed by atoms with Gasteiger partial charge in [0.15, 0.2) is 0 Å². The van der Waals surface area contributed by atoms with Gasteiger partial charge in [-0.25, -0.2) is 0 Å². The van der Waals surface area contributed by atoms with Crippen LogP contribution in [0.2, 0.25) is 0 Å². The number of pyridine rings is 1. The van der Waals surface area contributed by atoms with Crippen LogP contribution < -0.4 is 4.90 Å². The fourth-order valence-corrected chi connectivity index (χ4v) is 1.65. The molecule has 0 radical (unpaired) electrons. The zero-order chi connectivity index (χ0) is 12.7. The molecule has 0 bridgehead atoms. The van der Waals surface area contributed by atoms with Crippen molar-refractivity contribution in [2.45, 2.75) is 32.8 Å². The molecule has 92 valence electrons. The largest absolute Gasteiger partial charge is 0.387 e. The van der Waals surface area contributed by atoms with Crippen molar-refractivity contribution < 1.29 is 5.11 Å². The van der Waals surface area contributed by atoms with E-state index in [0.29, 0.717) is 25.1 Å². The van der Waals surface area contributed by atoms with Crippen LogP contribution in [-0.2, 0) is 0 Å². The van der Waals surface area contributed by atoms with Gasteiger partial charge in [-0.2, -0.15) is 5.26 Å². The van der Waals surface area contributed by atoms with Crippen LogP contribution in [0.4, 0.5) is 5.69 Å². The van der Waals surface area contributed by atoms with Crippen molar-refractivity contribution in [1.29, 1.82) is 5.26 Å². The third-order valence-corrected chi connectivity index (χ3v) is 2.74. The zero-order valence-electron chi connectivity index (χ0n) is 10.4. The number of nitrogens with zero attached hydrogens (tertiary/aromatic N) is 3.